The van der Waals surface area contributed by atoms with Crippen LogP contribution in [0, 0.1) is 0 Å². The summed E-state index contributed by atoms with van der Waals surface area (Å²) in [7, 11) is 1.70. The summed E-state index contributed by atoms with van der Waals surface area (Å²) in [4.78, 5) is 12.8. The summed E-state index contributed by atoms with van der Waals surface area (Å²) in [5.41, 5.74) is 13.5. The number of carbonyl (C=O) groups excluding carboxylic acids is 1. The largest absolute Gasteiger partial charge is 0.397 e. The maximum atomic E-state index is 11.3. The topological polar surface area (TPSA) is 93.6 Å². The number of anilines is 3. The lowest BCUT2D eigenvalue weighted by molar-refractivity contribution is -0.116. The van der Waals surface area contributed by atoms with E-state index in [1.165, 1.54) is 11.8 Å². The van der Waals surface area contributed by atoms with Crippen LogP contribution in [0.3, 0.4) is 0 Å². The molecule has 1 saturated heterocycles. The molecule has 1 aromatic carbocycles. The van der Waals surface area contributed by atoms with Crippen molar-refractivity contribution in [2.45, 2.75) is 12.6 Å². The zero-order valence-electron chi connectivity index (χ0n) is 10.6. The predicted molar refractivity (Wildman–Crippen MR) is 71.3 cm³/mol. The molecule has 1 aromatic rings. The second kappa shape index (κ2) is 4.47. The number of nitrogens with two attached hydrogens (primary N) is 2. The molecular weight excluding hydrogens is 232 g/mol. The van der Waals surface area contributed by atoms with Crippen LogP contribution in [0.4, 0.5) is 17.1 Å². The first kappa shape index (κ1) is 12.7. The van der Waals surface area contributed by atoms with Crippen molar-refractivity contribution in [2.75, 3.05) is 36.2 Å². The van der Waals surface area contributed by atoms with Crippen molar-refractivity contribution in [3.63, 3.8) is 0 Å². The molecule has 0 atom stereocenters. The molecule has 0 radical (unpaired) electrons. The van der Waals surface area contributed by atoms with Gasteiger partial charge in [-0.25, -0.2) is 0 Å². The number of nitrogens with zero attached hydrogens (tertiary/aromatic N) is 1. The zero-order chi connectivity index (χ0) is 13.3. The smallest absolute Gasteiger partial charge is 0.223 e. The fourth-order valence-electron chi connectivity index (χ4n) is 1.72. The van der Waals surface area contributed by atoms with E-state index in [4.69, 9.17) is 16.2 Å². The van der Waals surface area contributed by atoms with Crippen molar-refractivity contribution in [3.05, 3.63) is 18.2 Å². The molecule has 0 aliphatic carbocycles. The van der Waals surface area contributed by atoms with Gasteiger partial charge in [0.2, 0.25) is 5.91 Å². The van der Waals surface area contributed by atoms with E-state index in [0.717, 1.165) is 11.4 Å². The fourth-order valence-corrected chi connectivity index (χ4v) is 1.72. The highest BCUT2D eigenvalue weighted by Crippen LogP contribution is 2.28. The average Bonchev–Trinajstić information content (AvgIpc) is 2.28. The molecule has 1 heterocycles. The molecule has 5 N–H and O–H groups in total. The predicted octanol–water partition coefficient (Wildman–Crippen LogP) is 0.349. The first-order chi connectivity index (χ1) is 8.41. The highest BCUT2D eigenvalue weighted by molar-refractivity contribution is 5.92. The molecule has 0 aromatic heterocycles. The van der Waals surface area contributed by atoms with Crippen LogP contribution in [0.5, 0.6) is 0 Å². The van der Waals surface area contributed by atoms with Crippen LogP contribution in [0.2, 0.25) is 0 Å². The number of benzene rings is 1. The lowest BCUT2D eigenvalue weighted by Gasteiger charge is -2.39. The summed E-state index contributed by atoms with van der Waals surface area (Å²) in [6.45, 7) is 2.42. The number of carbonyl (C=O) groups is 1. The van der Waals surface area contributed by atoms with Crippen molar-refractivity contribution in [2.24, 2.45) is 5.73 Å². The van der Waals surface area contributed by atoms with Gasteiger partial charge in [-0.2, -0.15) is 0 Å². The van der Waals surface area contributed by atoms with Gasteiger partial charge >= 0.3 is 0 Å². The summed E-state index contributed by atoms with van der Waals surface area (Å²) in [6, 6.07) is 5.38. The molecule has 1 aliphatic rings. The van der Waals surface area contributed by atoms with Crippen LogP contribution in [0.15, 0.2) is 18.2 Å². The molecule has 18 heavy (non-hydrogen) atoms. The molecular formula is C12H18N4O2. The molecule has 0 unspecified atom stereocenters. The van der Waals surface area contributed by atoms with E-state index in [9.17, 15) is 4.79 Å². The van der Waals surface area contributed by atoms with E-state index in [0.29, 0.717) is 18.9 Å². The second-order valence-electron chi connectivity index (χ2n) is 4.62. The molecule has 0 bridgehead atoms. The normalized spacial score (nSPS) is 16.8. The minimum Gasteiger partial charge on any atom is -0.397 e. The summed E-state index contributed by atoms with van der Waals surface area (Å²) in [6.07, 6.45) is 0. The minimum absolute atomic E-state index is 0.0437. The molecule has 0 saturated carbocycles. The third kappa shape index (κ3) is 2.39. The third-order valence-corrected chi connectivity index (χ3v) is 3.00. The maximum absolute atomic E-state index is 11.3. The molecule has 6 heteroatoms. The van der Waals surface area contributed by atoms with Gasteiger partial charge in [-0.3, -0.25) is 4.79 Å². The van der Waals surface area contributed by atoms with Crippen LogP contribution in [0.25, 0.3) is 0 Å². The Morgan fingerprint density at radius 3 is 2.61 bits per heavy atom. The van der Waals surface area contributed by atoms with Crippen LogP contribution in [0.1, 0.15) is 6.92 Å². The Balaban J connectivity index is 2.17. The summed E-state index contributed by atoms with van der Waals surface area (Å²) in [5, 5.41) is 3.14. The van der Waals surface area contributed by atoms with Gasteiger partial charge in [0.15, 0.2) is 0 Å². The first-order valence-corrected chi connectivity index (χ1v) is 5.70. The number of rotatable bonds is 3. The number of nitrogen functional groups attached to an aromatic ring is 1. The van der Waals surface area contributed by atoms with Gasteiger partial charge in [-0.15, -0.1) is 0 Å². The van der Waals surface area contributed by atoms with Gasteiger partial charge in [-0.05, 0) is 18.2 Å². The third-order valence-electron chi connectivity index (χ3n) is 3.00. The van der Waals surface area contributed by atoms with Gasteiger partial charge in [0.1, 0.15) is 5.66 Å². The van der Waals surface area contributed by atoms with Crippen molar-refractivity contribution in [3.8, 4) is 0 Å². The van der Waals surface area contributed by atoms with Gasteiger partial charge in [0.05, 0.1) is 24.6 Å². The Hall–Kier alpha value is -1.79. The van der Waals surface area contributed by atoms with Crippen LogP contribution in [-0.2, 0) is 9.53 Å². The Labute approximate surface area is 106 Å². The summed E-state index contributed by atoms with van der Waals surface area (Å²) < 4.78 is 5.06. The lowest BCUT2D eigenvalue weighted by atomic mass is 10.1. The van der Waals surface area contributed by atoms with E-state index < -0.39 is 5.66 Å². The number of ether oxygens (including phenoxy) is 1. The SMILES string of the molecule is CC(=O)N(C)c1ccc(NC2(N)COC2)c(N)c1. The van der Waals surface area contributed by atoms with Gasteiger partial charge in [0, 0.05) is 19.7 Å². The second-order valence-corrected chi connectivity index (χ2v) is 4.62. The lowest BCUT2D eigenvalue weighted by Crippen LogP contribution is -2.63. The maximum Gasteiger partial charge on any atom is 0.223 e. The highest BCUT2D eigenvalue weighted by Gasteiger charge is 2.34. The van der Waals surface area contributed by atoms with Gasteiger partial charge in [0.25, 0.3) is 0 Å². The first-order valence-electron chi connectivity index (χ1n) is 5.70. The fraction of sp³-hybridized carbons (Fsp3) is 0.417. The van der Waals surface area contributed by atoms with Crippen molar-refractivity contribution in [1.82, 2.24) is 0 Å². The van der Waals surface area contributed by atoms with Crippen LogP contribution in [-0.4, -0.2) is 31.8 Å². The number of hydrogen-bond acceptors (Lipinski definition) is 5. The van der Waals surface area contributed by atoms with Gasteiger partial charge < -0.3 is 26.4 Å². The van der Waals surface area contributed by atoms with Crippen molar-refractivity contribution in [1.29, 1.82) is 0 Å². The number of amides is 1. The summed E-state index contributed by atoms with van der Waals surface area (Å²) >= 11 is 0. The molecule has 98 valence electrons. The van der Waals surface area contributed by atoms with Crippen molar-refractivity contribution >= 4 is 23.0 Å². The molecule has 2 rings (SSSR count). The van der Waals surface area contributed by atoms with E-state index in [2.05, 4.69) is 5.32 Å². The van der Waals surface area contributed by atoms with E-state index in [-0.39, 0.29) is 5.91 Å². The molecule has 6 nitrogen and oxygen atoms in total. The van der Waals surface area contributed by atoms with Gasteiger partial charge in [-0.1, -0.05) is 0 Å². The molecule has 1 amide bonds. The summed E-state index contributed by atoms with van der Waals surface area (Å²) in [5.74, 6) is -0.0437. The number of hydrogen-bond donors (Lipinski definition) is 3. The quantitative estimate of drug-likeness (QED) is 0.531. The van der Waals surface area contributed by atoms with Crippen LogP contribution >= 0.6 is 0 Å². The van der Waals surface area contributed by atoms with E-state index >= 15 is 0 Å². The standard InChI is InChI=1S/C12H18N4O2/c1-8(17)16(2)9-3-4-11(10(13)5-9)15-12(14)6-18-7-12/h3-5,15H,6-7,13-14H2,1-2H3. The number of nitrogens with one attached hydrogen (secondary N) is 1. The molecule has 1 aliphatic heterocycles. The molecule has 1 fully saturated rings. The Kier molecular flexibility index (Phi) is 3.14. The highest BCUT2D eigenvalue weighted by atomic mass is 16.5. The van der Waals surface area contributed by atoms with Crippen molar-refractivity contribution < 1.29 is 9.53 Å². The minimum atomic E-state index is -0.540. The van der Waals surface area contributed by atoms with E-state index in [1.54, 1.807) is 13.1 Å². The van der Waals surface area contributed by atoms with E-state index in [1.807, 2.05) is 12.1 Å². The average molecular weight is 250 g/mol. The monoisotopic (exact) mass is 250 g/mol. The Morgan fingerprint density at radius 2 is 2.17 bits per heavy atom. The van der Waals surface area contributed by atoms with Crippen LogP contribution < -0.4 is 21.7 Å². The zero-order valence-corrected chi connectivity index (χ0v) is 10.6. The Bertz CT molecular complexity index is 471. The Morgan fingerprint density at radius 1 is 1.50 bits per heavy atom. The molecule has 0 spiro atoms.